The normalized spacial score (nSPS) is 12.1. The van der Waals surface area contributed by atoms with Gasteiger partial charge in [-0.15, -0.1) is 0 Å². The lowest BCUT2D eigenvalue weighted by molar-refractivity contribution is -0.139. The number of hydrogen-bond acceptors (Lipinski definition) is 5. The molecule has 0 saturated carbocycles. The molecule has 0 saturated heterocycles. The minimum absolute atomic E-state index is 0.00205. The van der Waals surface area contributed by atoms with Gasteiger partial charge in [-0.25, -0.2) is 8.42 Å². The van der Waals surface area contributed by atoms with Crippen LogP contribution >= 0.6 is 11.6 Å². The Bertz CT molecular complexity index is 1430. The third kappa shape index (κ3) is 7.76. The van der Waals surface area contributed by atoms with E-state index in [0.29, 0.717) is 6.54 Å². The Balaban J connectivity index is 2.07. The summed E-state index contributed by atoms with van der Waals surface area (Å²) in [5, 5.41) is 3.15. The third-order valence-corrected chi connectivity index (χ3v) is 8.32. The maximum atomic E-state index is 14.0. The highest BCUT2D eigenvalue weighted by Gasteiger charge is 2.34. The van der Waals surface area contributed by atoms with Crippen molar-refractivity contribution in [1.29, 1.82) is 0 Å². The standard InChI is InChI=1S/C30H36ClN3O5S/c1-21(2)18-32-30(36)23(4)33(19-24-11-9-10-22(3)16-24)29(35)20-34(27-17-25(31)14-15-28(27)39-5)40(37,38)26-12-7-6-8-13-26/h6-17,21,23H,18-20H2,1-5H3,(H,32,36). The fourth-order valence-corrected chi connectivity index (χ4v) is 5.74. The number of rotatable bonds is 12. The fraction of sp³-hybridized carbons (Fsp3) is 0.333. The number of ether oxygens (including phenoxy) is 1. The van der Waals surface area contributed by atoms with Crippen LogP contribution in [0.15, 0.2) is 77.7 Å². The molecule has 0 aliphatic rings. The number of aryl methyl sites for hydroxylation is 1. The molecule has 8 nitrogen and oxygen atoms in total. The van der Waals surface area contributed by atoms with Crippen LogP contribution in [0, 0.1) is 12.8 Å². The van der Waals surface area contributed by atoms with E-state index < -0.39 is 28.5 Å². The van der Waals surface area contributed by atoms with Gasteiger partial charge in [0.25, 0.3) is 10.0 Å². The van der Waals surface area contributed by atoms with Crippen LogP contribution in [-0.2, 0) is 26.2 Å². The number of benzene rings is 3. The van der Waals surface area contributed by atoms with Crippen LogP contribution < -0.4 is 14.4 Å². The Labute approximate surface area is 241 Å². The fourth-order valence-electron chi connectivity index (χ4n) is 4.13. The van der Waals surface area contributed by atoms with E-state index in [2.05, 4.69) is 5.32 Å². The average Bonchev–Trinajstić information content (AvgIpc) is 2.93. The summed E-state index contributed by atoms with van der Waals surface area (Å²) in [6.45, 7) is 7.51. The van der Waals surface area contributed by atoms with Gasteiger partial charge in [-0.2, -0.15) is 0 Å². The molecule has 0 spiro atoms. The second-order valence-electron chi connectivity index (χ2n) is 9.97. The summed E-state index contributed by atoms with van der Waals surface area (Å²) in [5.74, 6) is -0.439. The molecule has 3 rings (SSSR count). The summed E-state index contributed by atoms with van der Waals surface area (Å²) in [6.07, 6.45) is 0. The van der Waals surface area contributed by atoms with E-state index >= 15 is 0 Å². The van der Waals surface area contributed by atoms with Crippen LogP contribution in [0.3, 0.4) is 0 Å². The van der Waals surface area contributed by atoms with Crippen LogP contribution in [0.4, 0.5) is 5.69 Å². The lowest BCUT2D eigenvalue weighted by Crippen LogP contribution is -2.51. The summed E-state index contributed by atoms with van der Waals surface area (Å²) >= 11 is 6.26. The van der Waals surface area contributed by atoms with Crippen LogP contribution in [0.2, 0.25) is 5.02 Å². The molecule has 0 fully saturated rings. The Hall–Kier alpha value is -3.56. The second kappa shape index (κ2) is 13.7. The molecule has 3 aromatic carbocycles. The van der Waals surface area contributed by atoms with Crippen LogP contribution in [0.1, 0.15) is 31.9 Å². The number of sulfonamides is 1. The van der Waals surface area contributed by atoms with E-state index in [1.807, 2.05) is 45.0 Å². The quantitative estimate of drug-likeness (QED) is 0.321. The van der Waals surface area contributed by atoms with E-state index in [1.54, 1.807) is 37.3 Å². The molecule has 1 atom stereocenters. The van der Waals surface area contributed by atoms with Gasteiger partial charge >= 0.3 is 0 Å². The van der Waals surface area contributed by atoms with Crippen LogP contribution in [-0.4, -0.2) is 51.4 Å². The van der Waals surface area contributed by atoms with Crippen molar-refractivity contribution in [3.05, 3.63) is 88.9 Å². The second-order valence-corrected chi connectivity index (χ2v) is 12.3. The van der Waals surface area contributed by atoms with E-state index in [-0.39, 0.29) is 39.7 Å². The minimum atomic E-state index is -4.23. The molecule has 1 unspecified atom stereocenters. The first-order chi connectivity index (χ1) is 18.9. The van der Waals surface area contributed by atoms with Gasteiger partial charge in [-0.05, 0) is 55.7 Å². The van der Waals surface area contributed by atoms with Crippen LogP contribution in [0.25, 0.3) is 0 Å². The molecule has 0 heterocycles. The average molecular weight is 586 g/mol. The smallest absolute Gasteiger partial charge is 0.264 e. The molecule has 0 bridgehead atoms. The SMILES string of the molecule is COc1ccc(Cl)cc1N(CC(=O)N(Cc1cccc(C)c1)C(C)C(=O)NCC(C)C)S(=O)(=O)c1ccccc1. The predicted molar refractivity (Wildman–Crippen MR) is 158 cm³/mol. The predicted octanol–water partition coefficient (Wildman–Crippen LogP) is 5.04. The zero-order valence-corrected chi connectivity index (χ0v) is 25.0. The molecule has 1 N–H and O–H groups in total. The Kier molecular flexibility index (Phi) is 10.6. The van der Waals surface area contributed by atoms with E-state index in [4.69, 9.17) is 16.3 Å². The van der Waals surface area contributed by atoms with Gasteiger partial charge < -0.3 is 15.0 Å². The maximum absolute atomic E-state index is 14.0. The number of halogens is 1. The first-order valence-electron chi connectivity index (χ1n) is 13.0. The number of anilines is 1. The summed E-state index contributed by atoms with van der Waals surface area (Å²) < 4.78 is 34.3. The molecule has 0 aromatic heterocycles. The molecule has 0 radical (unpaired) electrons. The summed E-state index contributed by atoms with van der Waals surface area (Å²) in [6, 6.07) is 19.1. The lowest BCUT2D eigenvalue weighted by atomic mass is 10.1. The first kappa shape index (κ1) is 31.0. The molecule has 214 valence electrons. The summed E-state index contributed by atoms with van der Waals surface area (Å²) in [5.41, 5.74) is 1.92. The Morgan fingerprint density at radius 1 is 0.975 bits per heavy atom. The van der Waals surface area contributed by atoms with Crippen molar-refractivity contribution in [2.45, 2.75) is 45.2 Å². The van der Waals surface area contributed by atoms with E-state index in [1.165, 1.54) is 30.2 Å². The van der Waals surface area contributed by atoms with Crippen molar-refractivity contribution in [2.24, 2.45) is 5.92 Å². The van der Waals surface area contributed by atoms with Crippen molar-refractivity contribution in [2.75, 3.05) is 24.5 Å². The van der Waals surface area contributed by atoms with Gasteiger partial charge in [-0.1, -0.05) is 73.5 Å². The van der Waals surface area contributed by atoms with Crippen molar-refractivity contribution in [1.82, 2.24) is 10.2 Å². The zero-order valence-electron chi connectivity index (χ0n) is 23.4. The monoisotopic (exact) mass is 585 g/mol. The van der Waals surface area contributed by atoms with Gasteiger partial charge in [0.2, 0.25) is 11.8 Å². The van der Waals surface area contributed by atoms with Gasteiger partial charge in [0.15, 0.2) is 0 Å². The molecule has 3 aromatic rings. The van der Waals surface area contributed by atoms with Gasteiger partial charge in [0.05, 0.1) is 17.7 Å². The highest BCUT2D eigenvalue weighted by Crippen LogP contribution is 2.35. The number of nitrogens with one attached hydrogen (secondary N) is 1. The molecule has 0 aliphatic carbocycles. The molecule has 10 heteroatoms. The number of methoxy groups -OCH3 is 1. The van der Waals surface area contributed by atoms with Crippen molar-refractivity contribution in [3.8, 4) is 5.75 Å². The van der Waals surface area contributed by atoms with Crippen LogP contribution in [0.5, 0.6) is 5.75 Å². The number of amides is 2. The molecule has 40 heavy (non-hydrogen) atoms. The number of carbonyl (C=O) groups excluding carboxylic acids is 2. The summed E-state index contributed by atoms with van der Waals surface area (Å²) in [4.78, 5) is 28.5. The molecule has 2 amide bonds. The lowest BCUT2D eigenvalue weighted by Gasteiger charge is -2.32. The van der Waals surface area contributed by atoms with E-state index in [9.17, 15) is 18.0 Å². The zero-order chi connectivity index (χ0) is 29.4. The highest BCUT2D eigenvalue weighted by atomic mass is 35.5. The topological polar surface area (TPSA) is 96.0 Å². The van der Waals surface area contributed by atoms with Gasteiger partial charge in [0, 0.05) is 18.1 Å². The third-order valence-electron chi connectivity index (χ3n) is 6.31. The van der Waals surface area contributed by atoms with E-state index in [0.717, 1.165) is 15.4 Å². The van der Waals surface area contributed by atoms with Crippen molar-refractivity contribution >= 4 is 39.1 Å². The van der Waals surface area contributed by atoms with Gasteiger partial charge in [0.1, 0.15) is 18.3 Å². The molecular formula is C30H36ClN3O5S. The van der Waals surface area contributed by atoms with Crippen molar-refractivity contribution in [3.63, 3.8) is 0 Å². The maximum Gasteiger partial charge on any atom is 0.264 e. The first-order valence-corrected chi connectivity index (χ1v) is 14.8. The number of carbonyl (C=O) groups is 2. The Morgan fingerprint density at radius 2 is 1.68 bits per heavy atom. The van der Waals surface area contributed by atoms with Gasteiger partial charge in [-0.3, -0.25) is 13.9 Å². The summed E-state index contributed by atoms with van der Waals surface area (Å²) in [7, 11) is -2.82. The number of nitrogens with zero attached hydrogens (tertiary/aromatic N) is 2. The number of hydrogen-bond donors (Lipinski definition) is 1. The highest BCUT2D eigenvalue weighted by molar-refractivity contribution is 7.92. The largest absolute Gasteiger partial charge is 0.495 e. The Morgan fingerprint density at radius 3 is 2.30 bits per heavy atom. The molecular weight excluding hydrogens is 550 g/mol. The molecule has 0 aliphatic heterocycles. The minimum Gasteiger partial charge on any atom is -0.495 e. The van der Waals surface area contributed by atoms with Crippen molar-refractivity contribution < 1.29 is 22.7 Å².